The molecule has 0 aliphatic rings. The van der Waals surface area contributed by atoms with Gasteiger partial charge in [0.2, 0.25) is 5.69 Å². The molecule has 116 valence electrons. The Balaban J connectivity index is 2.23. The van der Waals surface area contributed by atoms with Crippen LogP contribution in [0.5, 0.6) is 5.75 Å². The van der Waals surface area contributed by atoms with Gasteiger partial charge in [-0.05, 0) is 41.1 Å². The highest BCUT2D eigenvalue weighted by Gasteiger charge is 2.21. The third-order valence-electron chi connectivity index (χ3n) is 2.60. The molecule has 0 saturated heterocycles. The number of halogens is 1. The summed E-state index contributed by atoms with van der Waals surface area (Å²) in [7, 11) is 1.51. The van der Waals surface area contributed by atoms with E-state index in [4.69, 9.17) is 9.47 Å². The second-order valence-corrected chi connectivity index (χ2v) is 5.58. The molecular formula is C13H12BrN3O4S. The molecule has 1 amide bonds. The van der Waals surface area contributed by atoms with Gasteiger partial charge in [-0.2, -0.15) is 0 Å². The van der Waals surface area contributed by atoms with Gasteiger partial charge in [0.1, 0.15) is 5.75 Å². The zero-order valence-electron chi connectivity index (χ0n) is 11.8. The van der Waals surface area contributed by atoms with Gasteiger partial charge in [-0.15, -0.1) is 5.10 Å². The second-order valence-electron chi connectivity index (χ2n) is 3.97. The minimum atomic E-state index is -0.628. The molecule has 0 radical (unpaired) electrons. The zero-order chi connectivity index (χ0) is 16.1. The number of anilines is 1. The Kier molecular flexibility index (Phi) is 5.45. The molecule has 0 fully saturated rings. The molecule has 0 spiro atoms. The lowest BCUT2D eigenvalue weighted by atomic mass is 10.2. The third kappa shape index (κ3) is 3.60. The van der Waals surface area contributed by atoms with E-state index in [2.05, 4.69) is 30.8 Å². The van der Waals surface area contributed by atoms with E-state index in [0.29, 0.717) is 15.8 Å². The molecule has 0 atom stereocenters. The molecule has 0 unspecified atom stereocenters. The minimum Gasteiger partial charge on any atom is -0.497 e. The number of nitrogens with one attached hydrogen (secondary N) is 1. The number of carbonyl (C=O) groups is 2. The number of ether oxygens (including phenoxy) is 2. The van der Waals surface area contributed by atoms with Crippen LogP contribution in [0.25, 0.3) is 0 Å². The molecule has 0 bridgehead atoms. The summed E-state index contributed by atoms with van der Waals surface area (Å²) in [4.78, 5) is 24.0. The molecule has 0 aliphatic heterocycles. The van der Waals surface area contributed by atoms with Crippen LogP contribution in [0.15, 0.2) is 22.7 Å². The summed E-state index contributed by atoms with van der Waals surface area (Å²) >= 11 is 4.20. The maximum atomic E-state index is 12.3. The maximum Gasteiger partial charge on any atom is 0.362 e. The number of esters is 1. The fourth-order valence-electron chi connectivity index (χ4n) is 1.58. The molecule has 7 nitrogen and oxygen atoms in total. The van der Waals surface area contributed by atoms with Crippen molar-refractivity contribution in [2.45, 2.75) is 6.92 Å². The average molecular weight is 386 g/mol. The molecule has 9 heteroatoms. The van der Waals surface area contributed by atoms with E-state index in [9.17, 15) is 9.59 Å². The molecule has 0 saturated carbocycles. The maximum absolute atomic E-state index is 12.3. The SMILES string of the molecule is CCOC(=O)c1nnsc1NC(=O)c1cc(OC)ccc1Br. The quantitative estimate of drug-likeness (QED) is 0.795. The van der Waals surface area contributed by atoms with E-state index in [1.54, 1.807) is 25.1 Å². The van der Waals surface area contributed by atoms with E-state index in [-0.39, 0.29) is 17.3 Å². The van der Waals surface area contributed by atoms with Gasteiger partial charge in [-0.3, -0.25) is 4.79 Å². The molecular weight excluding hydrogens is 374 g/mol. The van der Waals surface area contributed by atoms with Crippen molar-refractivity contribution >= 4 is 44.3 Å². The first-order valence-corrected chi connectivity index (χ1v) is 7.77. The number of benzene rings is 1. The molecule has 1 aromatic heterocycles. The Bertz CT molecular complexity index is 704. The van der Waals surface area contributed by atoms with Crippen LogP contribution in [-0.4, -0.2) is 35.2 Å². The fourth-order valence-corrected chi connectivity index (χ4v) is 2.56. The normalized spacial score (nSPS) is 10.1. The average Bonchev–Trinajstić information content (AvgIpc) is 2.96. The molecule has 0 aliphatic carbocycles. The number of rotatable bonds is 5. The summed E-state index contributed by atoms with van der Waals surface area (Å²) in [6.07, 6.45) is 0. The number of amides is 1. The van der Waals surface area contributed by atoms with E-state index >= 15 is 0 Å². The van der Waals surface area contributed by atoms with Gasteiger partial charge in [0.05, 0.1) is 19.3 Å². The lowest BCUT2D eigenvalue weighted by Crippen LogP contribution is -2.15. The van der Waals surface area contributed by atoms with Crippen LogP contribution in [0.4, 0.5) is 5.00 Å². The molecule has 22 heavy (non-hydrogen) atoms. The van der Waals surface area contributed by atoms with E-state index in [0.717, 1.165) is 11.5 Å². The van der Waals surface area contributed by atoms with E-state index in [1.807, 2.05) is 0 Å². The Morgan fingerprint density at radius 1 is 1.41 bits per heavy atom. The molecule has 2 rings (SSSR count). The van der Waals surface area contributed by atoms with E-state index < -0.39 is 11.9 Å². The van der Waals surface area contributed by atoms with Crippen LogP contribution in [0.3, 0.4) is 0 Å². The lowest BCUT2D eigenvalue weighted by Gasteiger charge is -2.08. The van der Waals surface area contributed by atoms with Crippen molar-refractivity contribution in [3.63, 3.8) is 0 Å². The number of methoxy groups -OCH3 is 1. The van der Waals surface area contributed by atoms with Crippen molar-refractivity contribution in [3.8, 4) is 5.75 Å². The van der Waals surface area contributed by atoms with Crippen LogP contribution >= 0.6 is 27.5 Å². The summed E-state index contributed by atoms with van der Waals surface area (Å²) in [6.45, 7) is 1.90. The highest BCUT2D eigenvalue weighted by Crippen LogP contribution is 2.25. The van der Waals surface area contributed by atoms with Gasteiger partial charge >= 0.3 is 5.97 Å². The highest BCUT2D eigenvalue weighted by molar-refractivity contribution is 9.10. The zero-order valence-corrected chi connectivity index (χ0v) is 14.2. The lowest BCUT2D eigenvalue weighted by molar-refractivity contribution is 0.0520. The van der Waals surface area contributed by atoms with Crippen LogP contribution in [-0.2, 0) is 4.74 Å². The van der Waals surface area contributed by atoms with Crippen molar-refractivity contribution in [1.29, 1.82) is 0 Å². The Labute approximate surface area is 138 Å². The number of carbonyl (C=O) groups excluding carboxylic acids is 2. The van der Waals surface area contributed by atoms with Crippen molar-refractivity contribution in [2.75, 3.05) is 19.0 Å². The van der Waals surface area contributed by atoms with Crippen LogP contribution in [0, 0.1) is 0 Å². The molecule has 2 aromatic rings. The van der Waals surface area contributed by atoms with E-state index in [1.165, 1.54) is 7.11 Å². The van der Waals surface area contributed by atoms with Gasteiger partial charge in [-0.25, -0.2) is 4.79 Å². The van der Waals surface area contributed by atoms with Gasteiger partial charge in [-0.1, -0.05) is 4.49 Å². The largest absolute Gasteiger partial charge is 0.497 e. The van der Waals surface area contributed by atoms with Gasteiger partial charge in [0.15, 0.2) is 5.00 Å². The number of aromatic nitrogens is 2. The first-order chi connectivity index (χ1) is 10.6. The van der Waals surface area contributed by atoms with Gasteiger partial charge in [0, 0.05) is 16.0 Å². The Morgan fingerprint density at radius 3 is 2.86 bits per heavy atom. The molecule has 1 aromatic carbocycles. The molecule has 1 N–H and O–H groups in total. The summed E-state index contributed by atoms with van der Waals surface area (Å²) in [6, 6.07) is 5.00. The van der Waals surface area contributed by atoms with Gasteiger partial charge in [0.25, 0.3) is 5.91 Å². The van der Waals surface area contributed by atoms with Crippen molar-refractivity contribution < 1.29 is 19.1 Å². The van der Waals surface area contributed by atoms with Crippen LogP contribution < -0.4 is 10.1 Å². The predicted octanol–water partition coefficient (Wildman–Crippen LogP) is 2.74. The summed E-state index contributed by atoms with van der Waals surface area (Å²) < 4.78 is 14.2. The summed E-state index contributed by atoms with van der Waals surface area (Å²) in [5.74, 6) is -0.500. The first-order valence-electron chi connectivity index (χ1n) is 6.21. The van der Waals surface area contributed by atoms with Crippen molar-refractivity contribution in [3.05, 3.63) is 33.9 Å². The predicted molar refractivity (Wildman–Crippen MR) is 84.5 cm³/mol. The number of hydrogen-bond acceptors (Lipinski definition) is 7. The third-order valence-corrected chi connectivity index (χ3v) is 3.93. The number of nitrogens with zero attached hydrogens (tertiary/aromatic N) is 2. The summed E-state index contributed by atoms with van der Waals surface area (Å²) in [5, 5.41) is 6.52. The monoisotopic (exact) mass is 385 g/mol. The fraction of sp³-hybridized carbons (Fsp3) is 0.231. The number of hydrogen-bond donors (Lipinski definition) is 1. The highest BCUT2D eigenvalue weighted by atomic mass is 79.9. The van der Waals surface area contributed by atoms with Gasteiger partial charge < -0.3 is 14.8 Å². The Morgan fingerprint density at radius 2 is 2.18 bits per heavy atom. The topological polar surface area (TPSA) is 90.4 Å². The van der Waals surface area contributed by atoms with Crippen molar-refractivity contribution in [1.82, 2.24) is 9.59 Å². The second kappa shape index (κ2) is 7.32. The summed E-state index contributed by atoms with van der Waals surface area (Å²) in [5.41, 5.74) is 0.349. The van der Waals surface area contributed by atoms with Crippen LogP contribution in [0.2, 0.25) is 0 Å². The smallest absolute Gasteiger partial charge is 0.362 e. The van der Waals surface area contributed by atoms with Crippen molar-refractivity contribution in [2.24, 2.45) is 0 Å². The molecule has 1 heterocycles. The Hall–Kier alpha value is -2.00. The standard InChI is InChI=1S/C13H12BrN3O4S/c1-3-21-13(19)10-12(22-17-16-10)15-11(18)8-6-7(20-2)4-5-9(8)14/h4-6H,3H2,1-2H3,(H,15,18). The first kappa shape index (κ1) is 16.4. The minimum absolute atomic E-state index is 0.0146. The van der Waals surface area contributed by atoms with Crippen LogP contribution in [0.1, 0.15) is 27.8 Å².